The normalized spacial score (nSPS) is 10.6. The van der Waals surface area contributed by atoms with E-state index in [1.54, 1.807) is 11.3 Å². The van der Waals surface area contributed by atoms with Crippen LogP contribution in [0.3, 0.4) is 0 Å². The first-order chi connectivity index (χ1) is 9.60. The van der Waals surface area contributed by atoms with Crippen molar-refractivity contribution in [1.82, 2.24) is 15.0 Å². The van der Waals surface area contributed by atoms with Gasteiger partial charge in [0.2, 0.25) is 5.95 Å². The third kappa shape index (κ3) is 3.66. The number of aromatic nitrogens is 3. The third-order valence-electron chi connectivity index (χ3n) is 2.86. The Hall–Kier alpha value is -1.69. The zero-order chi connectivity index (χ0) is 14.5. The molecule has 5 nitrogen and oxygen atoms in total. The largest absolute Gasteiger partial charge is 0.362 e. The zero-order valence-electron chi connectivity index (χ0n) is 12.5. The van der Waals surface area contributed by atoms with E-state index in [4.69, 9.17) is 0 Å². The lowest BCUT2D eigenvalue weighted by atomic mass is 10.3. The SMILES string of the molecule is CCCc1nc(CNc2ncc(C)c(N(C)C)n2)cs1. The Morgan fingerprint density at radius 1 is 1.30 bits per heavy atom. The second-order valence-electron chi connectivity index (χ2n) is 4.93. The lowest BCUT2D eigenvalue weighted by Gasteiger charge is -2.14. The number of anilines is 2. The summed E-state index contributed by atoms with van der Waals surface area (Å²) in [5.41, 5.74) is 2.12. The fraction of sp³-hybridized carbons (Fsp3) is 0.500. The van der Waals surface area contributed by atoms with Gasteiger partial charge in [-0.25, -0.2) is 9.97 Å². The van der Waals surface area contributed by atoms with Crippen molar-refractivity contribution in [2.45, 2.75) is 33.2 Å². The van der Waals surface area contributed by atoms with Crippen molar-refractivity contribution in [3.8, 4) is 0 Å². The van der Waals surface area contributed by atoms with Crippen molar-refractivity contribution in [2.24, 2.45) is 0 Å². The number of nitrogens with one attached hydrogen (secondary N) is 1. The zero-order valence-corrected chi connectivity index (χ0v) is 13.3. The number of aryl methyl sites for hydroxylation is 2. The van der Waals surface area contributed by atoms with Crippen molar-refractivity contribution >= 4 is 23.1 Å². The maximum absolute atomic E-state index is 4.58. The molecule has 2 rings (SSSR count). The molecular formula is C14H21N5S. The lowest BCUT2D eigenvalue weighted by Crippen LogP contribution is -2.14. The van der Waals surface area contributed by atoms with E-state index in [1.165, 1.54) is 5.01 Å². The van der Waals surface area contributed by atoms with E-state index in [1.807, 2.05) is 32.1 Å². The predicted molar refractivity (Wildman–Crippen MR) is 84.5 cm³/mol. The fourth-order valence-electron chi connectivity index (χ4n) is 1.90. The van der Waals surface area contributed by atoms with E-state index in [9.17, 15) is 0 Å². The van der Waals surface area contributed by atoms with Crippen LogP contribution in [0, 0.1) is 6.92 Å². The first-order valence-electron chi connectivity index (χ1n) is 6.78. The van der Waals surface area contributed by atoms with E-state index in [-0.39, 0.29) is 0 Å². The molecule has 0 spiro atoms. The highest BCUT2D eigenvalue weighted by molar-refractivity contribution is 7.09. The van der Waals surface area contributed by atoms with Crippen LogP contribution in [0.5, 0.6) is 0 Å². The van der Waals surface area contributed by atoms with Crippen LogP contribution in [-0.4, -0.2) is 29.0 Å². The molecule has 2 aromatic heterocycles. The van der Waals surface area contributed by atoms with E-state index in [2.05, 4.69) is 32.6 Å². The topological polar surface area (TPSA) is 53.9 Å². The number of hydrogen-bond acceptors (Lipinski definition) is 6. The van der Waals surface area contributed by atoms with Crippen LogP contribution in [0.25, 0.3) is 0 Å². The second kappa shape index (κ2) is 6.65. The van der Waals surface area contributed by atoms with Gasteiger partial charge in [0.25, 0.3) is 0 Å². The van der Waals surface area contributed by atoms with Crippen molar-refractivity contribution in [2.75, 3.05) is 24.3 Å². The molecule has 0 atom stereocenters. The van der Waals surface area contributed by atoms with Crippen molar-refractivity contribution < 1.29 is 0 Å². The Morgan fingerprint density at radius 3 is 2.80 bits per heavy atom. The minimum absolute atomic E-state index is 0.643. The summed E-state index contributed by atoms with van der Waals surface area (Å²) in [7, 11) is 3.97. The van der Waals surface area contributed by atoms with Crippen LogP contribution >= 0.6 is 11.3 Å². The van der Waals surface area contributed by atoms with Crippen LogP contribution in [0.15, 0.2) is 11.6 Å². The van der Waals surface area contributed by atoms with Crippen LogP contribution in [-0.2, 0) is 13.0 Å². The summed E-state index contributed by atoms with van der Waals surface area (Å²) in [5.74, 6) is 1.58. The monoisotopic (exact) mass is 291 g/mol. The highest BCUT2D eigenvalue weighted by Crippen LogP contribution is 2.16. The van der Waals surface area contributed by atoms with Crippen molar-refractivity contribution in [1.29, 1.82) is 0 Å². The van der Waals surface area contributed by atoms with Gasteiger partial charge in [0.05, 0.1) is 17.2 Å². The first-order valence-corrected chi connectivity index (χ1v) is 7.66. The number of thiazole rings is 1. The van der Waals surface area contributed by atoms with Crippen LogP contribution in [0.4, 0.5) is 11.8 Å². The standard InChI is InChI=1S/C14H21N5S/c1-5-6-12-17-11(9-20-12)8-16-14-15-7-10(2)13(18-14)19(3)4/h7,9H,5-6,8H2,1-4H3,(H,15,16,18). The second-order valence-corrected chi connectivity index (χ2v) is 5.87. The van der Waals surface area contributed by atoms with Crippen molar-refractivity contribution in [3.05, 3.63) is 27.8 Å². The highest BCUT2D eigenvalue weighted by atomic mass is 32.1. The third-order valence-corrected chi connectivity index (χ3v) is 3.82. The van der Waals surface area contributed by atoms with Gasteiger partial charge in [0, 0.05) is 31.2 Å². The molecule has 0 aliphatic rings. The Balaban J connectivity index is 2.01. The quantitative estimate of drug-likeness (QED) is 0.887. The van der Waals surface area contributed by atoms with Gasteiger partial charge in [-0.2, -0.15) is 4.98 Å². The lowest BCUT2D eigenvalue weighted by molar-refractivity contribution is 0.892. The smallest absolute Gasteiger partial charge is 0.224 e. The van der Waals surface area contributed by atoms with E-state index >= 15 is 0 Å². The van der Waals surface area contributed by atoms with Gasteiger partial charge in [0.15, 0.2) is 0 Å². The maximum Gasteiger partial charge on any atom is 0.224 e. The summed E-state index contributed by atoms with van der Waals surface area (Å²) in [6.45, 7) is 4.84. The first kappa shape index (κ1) is 14.7. The molecule has 6 heteroatoms. The van der Waals surface area contributed by atoms with E-state index in [0.717, 1.165) is 29.9 Å². The molecule has 0 amide bonds. The molecule has 0 aromatic carbocycles. The Bertz CT molecular complexity index is 564. The van der Waals surface area contributed by atoms with E-state index in [0.29, 0.717) is 12.5 Å². The van der Waals surface area contributed by atoms with Crippen LogP contribution in [0.1, 0.15) is 29.6 Å². The molecule has 108 valence electrons. The molecule has 0 aliphatic heterocycles. The van der Waals surface area contributed by atoms with Gasteiger partial charge in [0.1, 0.15) is 5.82 Å². The van der Waals surface area contributed by atoms with E-state index < -0.39 is 0 Å². The Labute approximate surface area is 124 Å². The van der Waals surface area contributed by atoms with Crippen LogP contribution < -0.4 is 10.2 Å². The maximum atomic E-state index is 4.58. The number of hydrogen-bond donors (Lipinski definition) is 1. The molecule has 2 heterocycles. The molecular weight excluding hydrogens is 270 g/mol. The van der Waals surface area contributed by atoms with Crippen LogP contribution in [0.2, 0.25) is 0 Å². The highest BCUT2D eigenvalue weighted by Gasteiger charge is 2.06. The summed E-state index contributed by atoms with van der Waals surface area (Å²) in [6.07, 6.45) is 4.03. The summed E-state index contributed by atoms with van der Waals surface area (Å²) >= 11 is 1.72. The fourth-order valence-corrected chi connectivity index (χ4v) is 2.80. The number of nitrogens with zero attached hydrogens (tertiary/aromatic N) is 4. The Morgan fingerprint density at radius 2 is 2.10 bits per heavy atom. The minimum Gasteiger partial charge on any atom is -0.362 e. The molecule has 0 unspecified atom stereocenters. The summed E-state index contributed by atoms with van der Waals surface area (Å²) < 4.78 is 0. The molecule has 1 N–H and O–H groups in total. The summed E-state index contributed by atoms with van der Waals surface area (Å²) in [5, 5.41) is 6.53. The Kier molecular flexibility index (Phi) is 4.89. The van der Waals surface area contributed by atoms with Gasteiger partial charge in [-0.05, 0) is 19.8 Å². The van der Waals surface area contributed by atoms with Gasteiger partial charge in [-0.3, -0.25) is 0 Å². The molecule has 0 saturated heterocycles. The molecule has 0 bridgehead atoms. The molecule has 20 heavy (non-hydrogen) atoms. The molecule has 0 aliphatic carbocycles. The van der Waals surface area contributed by atoms with Gasteiger partial charge in [-0.15, -0.1) is 11.3 Å². The average Bonchev–Trinajstić information content (AvgIpc) is 2.86. The van der Waals surface area contributed by atoms with Gasteiger partial charge >= 0.3 is 0 Å². The summed E-state index contributed by atoms with van der Waals surface area (Å²) in [6, 6.07) is 0. The average molecular weight is 291 g/mol. The molecule has 2 aromatic rings. The van der Waals surface area contributed by atoms with Gasteiger partial charge in [-0.1, -0.05) is 6.92 Å². The number of rotatable bonds is 6. The molecule has 0 radical (unpaired) electrons. The minimum atomic E-state index is 0.643. The predicted octanol–water partition coefficient (Wildman–Crippen LogP) is 2.87. The molecule has 0 fully saturated rings. The molecule has 0 saturated carbocycles. The van der Waals surface area contributed by atoms with Crippen molar-refractivity contribution in [3.63, 3.8) is 0 Å². The van der Waals surface area contributed by atoms with Gasteiger partial charge < -0.3 is 10.2 Å². The summed E-state index contributed by atoms with van der Waals surface area (Å²) in [4.78, 5) is 15.4.